The van der Waals surface area contributed by atoms with E-state index in [0.717, 1.165) is 12.8 Å². The fourth-order valence-electron chi connectivity index (χ4n) is 3.36. The highest BCUT2D eigenvalue weighted by Gasteiger charge is 2.29. The van der Waals surface area contributed by atoms with Gasteiger partial charge in [0, 0.05) is 23.8 Å². The molecule has 7 nitrogen and oxygen atoms in total. The molecule has 0 unspecified atom stereocenters. The van der Waals surface area contributed by atoms with Crippen LogP contribution in [0, 0.1) is 11.7 Å². The van der Waals surface area contributed by atoms with E-state index in [4.69, 9.17) is 0 Å². The van der Waals surface area contributed by atoms with Crippen LogP contribution in [0.3, 0.4) is 0 Å². The first-order chi connectivity index (χ1) is 13.8. The lowest BCUT2D eigenvalue weighted by molar-refractivity contribution is 0.102. The molecule has 1 fully saturated rings. The van der Waals surface area contributed by atoms with Crippen LogP contribution in [0.5, 0.6) is 0 Å². The number of fused-ring (bicyclic) bond motifs is 1. The van der Waals surface area contributed by atoms with E-state index in [1.807, 2.05) is 13.8 Å². The number of anilines is 1. The van der Waals surface area contributed by atoms with E-state index in [-0.39, 0.29) is 34.1 Å². The number of hydrogen-bond donors (Lipinski definition) is 2. The van der Waals surface area contributed by atoms with Crippen LogP contribution in [0.2, 0.25) is 0 Å². The average Bonchev–Trinajstić information content (AvgIpc) is 3.49. The van der Waals surface area contributed by atoms with Gasteiger partial charge in [-0.1, -0.05) is 19.9 Å². The molecule has 0 spiro atoms. The molecule has 2 heterocycles. The van der Waals surface area contributed by atoms with Crippen LogP contribution in [0.1, 0.15) is 48.7 Å². The zero-order valence-corrected chi connectivity index (χ0v) is 16.2. The van der Waals surface area contributed by atoms with E-state index in [9.17, 15) is 18.8 Å². The van der Waals surface area contributed by atoms with Gasteiger partial charge in [-0.25, -0.2) is 14.2 Å². The number of aromatic nitrogens is 3. The summed E-state index contributed by atoms with van der Waals surface area (Å²) in [7, 11) is 0. The second-order valence-electron chi connectivity index (χ2n) is 7.80. The molecule has 1 aliphatic rings. The highest BCUT2D eigenvalue weighted by atomic mass is 19.1. The van der Waals surface area contributed by atoms with Gasteiger partial charge < -0.3 is 5.32 Å². The average molecular weight is 396 g/mol. The Morgan fingerprint density at radius 2 is 2.07 bits per heavy atom. The van der Waals surface area contributed by atoms with Crippen LogP contribution in [0.15, 0.2) is 39.9 Å². The monoisotopic (exact) mass is 396 g/mol. The Balaban J connectivity index is 1.91. The van der Waals surface area contributed by atoms with Gasteiger partial charge in [0.05, 0.1) is 10.9 Å². The van der Waals surface area contributed by atoms with Crippen molar-refractivity contribution in [1.29, 1.82) is 0 Å². The number of carbonyl (C=O) groups excluding carboxylic acids is 1. The number of benzene rings is 1. The van der Waals surface area contributed by atoms with Crippen molar-refractivity contribution in [2.45, 2.75) is 39.2 Å². The number of aromatic amines is 1. The number of H-pyrrole nitrogens is 1. The minimum absolute atomic E-state index is 0.0588. The highest BCUT2D eigenvalue weighted by molar-refractivity contribution is 6.11. The molecule has 1 saturated carbocycles. The SMILES string of the molecule is CC(C)Cn1c(=O)[nH]c(=O)c2c(C(=O)Nc3cccc(F)c3)cc(C3CC3)nc21. The van der Waals surface area contributed by atoms with Crippen molar-refractivity contribution >= 4 is 22.6 Å². The molecule has 2 N–H and O–H groups in total. The Morgan fingerprint density at radius 1 is 1.31 bits per heavy atom. The van der Waals surface area contributed by atoms with E-state index in [2.05, 4.69) is 15.3 Å². The molecule has 8 heteroatoms. The van der Waals surface area contributed by atoms with Crippen molar-refractivity contribution in [3.8, 4) is 0 Å². The van der Waals surface area contributed by atoms with Crippen LogP contribution in [0.4, 0.5) is 10.1 Å². The summed E-state index contributed by atoms with van der Waals surface area (Å²) in [6, 6.07) is 7.12. The fourth-order valence-corrected chi connectivity index (χ4v) is 3.36. The first kappa shape index (κ1) is 19.0. The highest BCUT2D eigenvalue weighted by Crippen LogP contribution is 2.40. The Hall–Kier alpha value is -3.29. The summed E-state index contributed by atoms with van der Waals surface area (Å²) in [5.41, 5.74) is 0.0859. The second kappa shape index (κ2) is 7.27. The predicted molar refractivity (Wildman–Crippen MR) is 108 cm³/mol. The van der Waals surface area contributed by atoms with Gasteiger partial charge in [0.25, 0.3) is 11.5 Å². The van der Waals surface area contributed by atoms with Gasteiger partial charge >= 0.3 is 5.69 Å². The van der Waals surface area contributed by atoms with Gasteiger partial charge in [0.2, 0.25) is 0 Å². The molecule has 1 aromatic carbocycles. The first-order valence-corrected chi connectivity index (χ1v) is 9.58. The van der Waals surface area contributed by atoms with Crippen LogP contribution in [0.25, 0.3) is 11.0 Å². The maximum absolute atomic E-state index is 13.5. The standard InChI is InChI=1S/C21H21FN4O3/c1-11(2)10-26-18-17(20(28)25-21(26)29)15(9-16(24-18)12-6-7-12)19(27)23-14-5-3-4-13(22)8-14/h3-5,8-9,11-12H,6-7,10H2,1-2H3,(H,23,27)(H,25,28,29). The van der Waals surface area contributed by atoms with Crippen LogP contribution < -0.4 is 16.6 Å². The lowest BCUT2D eigenvalue weighted by atomic mass is 10.1. The number of nitrogens with zero attached hydrogens (tertiary/aromatic N) is 2. The molecule has 0 saturated heterocycles. The lowest BCUT2D eigenvalue weighted by Gasteiger charge is -2.15. The second-order valence-corrected chi connectivity index (χ2v) is 7.80. The zero-order valence-electron chi connectivity index (χ0n) is 16.2. The van der Waals surface area contributed by atoms with Crippen LogP contribution in [-0.4, -0.2) is 20.4 Å². The van der Waals surface area contributed by atoms with Crippen molar-refractivity contribution in [3.63, 3.8) is 0 Å². The van der Waals surface area contributed by atoms with Crippen LogP contribution >= 0.6 is 0 Å². The van der Waals surface area contributed by atoms with Gasteiger partial charge in [0.1, 0.15) is 5.82 Å². The molecule has 0 bridgehead atoms. The largest absolute Gasteiger partial charge is 0.330 e. The van der Waals surface area contributed by atoms with E-state index < -0.39 is 23.0 Å². The number of carbonyl (C=O) groups is 1. The van der Waals surface area contributed by atoms with E-state index in [1.54, 1.807) is 12.1 Å². The summed E-state index contributed by atoms with van der Waals surface area (Å²) in [6.07, 6.45) is 1.89. The number of pyridine rings is 1. The third kappa shape index (κ3) is 3.83. The normalized spacial score (nSPS) is 13.8. The maximum atomic E-state index is 13.5. The van der Waals surface area contributed by atoms with Crippen molar-refractivity contribution in [3.05, 3.63) is 68.2 Å². The van der Waals surface area contributed by atoms with Gasteiger partial charge in [-0.15, -0.1) is 0 Å². The molecule has 1 aliphatic carbocycles. The summed E-state index contributed by atoms with van der Waals surface area (Å²) in [6.45, 7) is 4.26. The predicted octanol–water partition coefficient (Wildman–Crippen LogP) is 3.01. The van der Waals surface area contributed by atoms with Gasteiger partial charge in [-0.2, -0.15) is 0 Å². The molecule has 2 aromatic heterocycles. The summed E-state index contributed by atoms with van der Waals surface area (Å²) in [4.78, 5) is 44.9. The molecule has 0 aliphatic heterocycles. The zero-order chi connectivity index (χ0) is 20.7. The molecule has 0 atom stereocenters. The summed E-state index contributed by atoms with van der Waals surface area (Å²) in [5, 5.41) is 2.69. The van der Waals surface area contributed by atoms with Crippen molar-refractivity contribution in [2.75, 3.05) is 5.32 Å². The molecule has 150 valence electrons. The quantitative estimate of drug-likeness (QED) is 0.693. The molecule has 1 amide bonds. The van der Waals surface area contributed by atoms with E-state index >= 15 is 0 Å². The fraction of sp³-hybridized carbons (Fsp3) is 0.333. The van der Waals surface area contributed by atoms with Gasteiger partial charge in [0.15, 0.2) is 5.65 Å². The smallest absolute Gasteiger partial charge is 0.322 e. The third-order valence-electron chi connectivity index (χ3n) is 4.84. The number of halogens is 1. The van der Waals surface area contributed by atoms with Crippen molar-refractivity contribution in [2.24, 2.45) is 5.92 Å². The maximum Gasteiger partial charge on any atom is 0.330 e. The summed E-state index contributed by atoms with van der Waals surface area (Å²) < 4.78 is 14.9. The number of hydrogen-bond acceptors (Lipinski definition) is 4. The summed E-state index contributed by atoms with van der Waals surface area (Å²) in [5.74, 6) is -0.686. The van der Waals surface area contributed by atoms with Crippen molar-refractivity contribution in [1.82, 2.24) is 14.5 Å². The Labute approximate surface area is 165 Å². The number of nitrogens with one attached hydrogen (secondary N) is 2. The van der Waals surface area contributed by atoms with E-state index in [1.165, 1.54) is 22.8 Å². The van der Waals surface area contributed by atoms with Gasteiger partial charge in [-0.05, 0) is 43.0 Å². The summed E-state index contributed by atoms with van der Waals surface area (Å²) >= 11 is 0. The van der Waals surface area contributed by atoms with E-state index in [0.29, 0.717) is 12.2 Å². The van der Waals surface area contributed by atoms with Crippen LogP contribution in [-0.2, 0) is 6.54 Å². The molecule has 0 radical (unpaired) electrons. The lowest BCUT2D eigenvalue weighted by Crippen LogP contribution is -2.33. The first-order valence-electron chi connectivity index (χ1n) is 9.58. The Bertz CT molecular complexity index is 1220. The molecular formula is C21H21FN4O3. The molecule has 3 aromatic rings. The minimum Gasteiger partial charge on any atom is -0.322 e. The Morgan fingerprint density at radius 3 is 2.72 bits per heavy atom. The topological polar surface area (TPSA) is 96.9 Å². The number of amides is 1. The number of rotatable bonds is 5. The molecule has 29 heavy (non-hydrogen) atoms. The third-order valence-corrected chi connectivity index (χ3v) is 4.84. The molecular weight excluding hydrogens is 375 g/mol. The van der Waals surface area contributed by atoms with Gasteiger partial charge in [-0.3, -0.25) is 19.1 Å². The Kier molecular flexibility index (Phi) is 4.77. The van der Waals surface area contributed by atoms with Crippen molar-refractivity contribution < 1.29 is 9.18 Å². The minimum atomic E-state index is -0.663. The molecule has 4 rings (SSSR count).